The fraction of sp³-hybridized carbons (Fsp3) is 0.385. The van der Waals surface area contributed by atoms with Crippen molar-refractivity contribution in [2.75, 3.05) is 26.2 Å². The van der Waals surface area contributed by atoms with Gasteiger partial charge in [-0.25, -0.2) is 0 Å². The molecule has 7 heteroatoms. The van der Waals surface area contributed by atoms with Gasteiger partial charge in [0.25, 0.3) is 17.7 Å². The van der Waals surface area contributed by atoms with Gasteiger partial charge in [0.15, 0.2) is 0 Å². The van der Waals surface area contributed by atoms with Crippen molar-refractivity contribution < 1.29 is 19.2 Å². The normalized spacial score (nSPS) is 15.9. The summed E-state index contributed by atoms with van der Waals surface area (Å²) in [5.74, 6) is -0.767. The zero-order valence-corrected chi connectivity index (χ0v) is 19.3. The third kappa shape index (κ3) is 4.53. The molecule has 0 unspecified atom stereocenters. The summed E-state index contributed by atoms with van der Waals surface area (Å²) in [7, 11) is 0. The van der Waals surface area contributed by atoms with E-state index < -0.39 is 0 Å². The summed E-state index contributed by atoms with van der Waals surface area (Å²) in [6.07, 6.45) is 1.15. The van der Waals surface area contributed by atoms with Crippen LogP contribution in [0.1, 0.15) is 62.5 Å². The van der Waals surface area contributed by atoms with Gasteiger partial charge in [0.2, 0.25) is 5.91 Å². The van der Waals surface area contributed by atoms with Crippen molar-refractivity contribution >= 4 is 23.6 Å². The lowest BCUT2D eigenvalue weighted by Gasteiger charge is -2.35. The van der Waals surface area contributed by atoms with E-state index in [1.165, 1.54) is 16.5 Å². The van der Waals surface area contributed by atoms with Crippen LogP contribution in [0.2, 0.25) is 0 Å². The number of carbonyl (C=O) groups is 4. The van der Waals surface area contributed by atoms with Crippen LogP contribution in [-0.2, 0) is 11.2 Å². The monoisotopic (exact) mass is 447 g/mol. The fourth-order valence-electron chi connectivity index (χ4n) is 4.37. The van der Waals surface area contributed by atoms with E-state index >= 15 is 0 Å². The fourth-order valence-corrected chi connectivity index (χ4v) is 4.37. The van der Waals surface area contributed by atoms with Crippen molar-refractivity contribution in [2.45, 2.75) is 39.7 Å². The maximum absolute atomic E-state index is 13.0. The molecule has 1 fully saturated rings. The molecule has 2 heterocycles. The summed E-state index contributed by atoms with van der Waals surface area (Å²) in [5, 5.41) is 0. The van der Waals surface area contributed by atoms with Crippen LogP contribution in [0.3, 0.4) is 0 Å². The third-order valence-corrected chi connectivity index (χ3v) is 6.35. The number of hydrogen-bond donors (Lipinski definition) is 0. The summed E-state index contributed by atoms with van der Waals surface area (Å²) in [4.78, 5) is 55.5. The molecular formula is C26H29N3O4. The van der Waals surface area contributed by atoms with Crippen LogP contribution in [0.4, 0.5) is 0 Å². The van der Waals surface area contributed by atoms with Gasteiger partial charge in [-0.3, -0.25) is 24.1 Å². The highest BCUT2D eigenvalue weighted by Crippen LogP contribution is 2.26. The average Bonchev–Trinajstić information content (AvgIpc) is 3.07. The molecule has 0 aromatic heterocycles. The molecule has 2 aliphatic heterocycles. The molecule has 172 valence electrons. The Morgan fingerprint density at radius 2 is 1.45 bits per heavy atom. The number of benzene rings is 2. The Balaban J connectivity index is 1.34. The third-order valence-electron chi connectivity index (χ3n) is 6.35. The lowest BCUT2D eigenvalue weighted by Crippen LogP contribution is -2.50. The van der Waals surface area contributed by atoms with Crippen LogP contribution in [-0.4, -0.2) is 70.5 Å². The second-order valence-corrected chi connectivity index (χ2v) is 8.99. The number of piperazine rings is 1. The van der Waals surface area contributed by atoms with E-state index in [0.29, 0.717) is 50.1 Å². The number of fused-ring (bicyclic) bond motifs is 1. The van der Waals surface area contributed by atoms with Crippen molar-refractivity contribution in [2.24, 2.45) is 0 Å². The lowest BCUT2D eigenvalue weighted by atomic mass is 10.0. The Kier molecular flexibility index (Phi) is 6.31. The average molecular weight is 448 g/mol. The van der Waals surface area contributed by atoms with Gasteiger partial charge in [0, 0.05) is 44.2 Å². The molecule has 0 saturated carbocycles. The van der Waals surface area contributed by atoms with Gasteiger partial charge < -0.3 is 9.80 Å². The maximum Gasteiger partial charge on any atom is 0.261 e. The summed E-state index contributed by atoms with van der Waals surface area (Å²) in [5.41, 5.74) is 3.35. The first kappa shape index (κ1) is 22.7. The van der Waals surface area contributed by atoms with Crippen LogP contribution in [0, 0.1) is 6.92 Å². The molecule has 0 N–H and O–H groups in total. The summed E-state index contributed by atoms with van der Waals surface area (Å²) < 4.78 is 0. The van der Waals surface area contributed by atoms with Crippen molar-refractivity contribution in [3.05, 3.63) is 70.3 Å². The highest BCUT2D eigenvalue weighted by molar-refractivity contribution is 6.22. The number of nitrogens with zero attached hydrogens (tertiary/aromatic N) is 3. The predicted octanol–water partition coefficient (Wildman–Crippen LogP) is 2.92. The smallest absolute Gasteiger partial charge is 0.261 e. The highest BCUT2D eigenvalue weighted by Gasteiger charge is 2.38. The van der Waals surface area contributed by atoms with Gasteiger partial charge in [0.05, 0.1) is 11.1 Å². The molecule has 2 aromatic carbocycles. The maximum atomic E-state index is 13.0. The molecule has 7 nitrogen and oxygen atoms in total. The lowest BCUT2D eigenvalue weighted by molar-refractivity contribution is -0.132. The molecule has 4 rings (SSSR count). The first-order chi connectivity index (χ1) is 15.8. The molecular weight excluding hydrogens is 418 g/mol. The van der Waals surface area contributed by atoms with Crippen molar-refractivity contribution in [3.8, 4) is 0 Å². The molecule has 0 spiro atoms. The second kappa shape index (κ2) is 9.17. The molecule has 2 aromatic rings. The minimum Gasteiger partial charge on any atom is -0.339 e. The topological polar surface area (TPSA) is 78.0 Å². The molecule has 0 bridgehead atoms. The number of amides is 4. The van der Waals surface area contributed by atoms with Gasteiger partial charge in [-0.05, 0) is 51.0 Å². The number of imide groups is 1. The van der Waals surface area contributed by atoms with E-state index in [0.717, 1.165) is 5.56 Å². The van der Waals surface area contributed by atoms with E-state index in [2.05, 4.69) is 12.1 Å². The molecule has 33 heavy (non-hydrogen) atoms. The molecule has 2 aliphatic rings. The van der Waals surface area contributed by atoms with Gasteiger partial charge in [-0.1, -0.05) is 29.8 Å². The Hall–Kier alpha value is -3.48. The molecule has 4 amide bonds. The van der Waals surface area contributed by atoms with E-state index in [1.807, 2.05) is 24.0 Å². The predicted molar refractivity (Wildman–Crippen MR) is 124 cm³/mol. The van der Waals surface area contributed by atoms with Crippen LogP contribution in [0.25, 0.3) is 0 Å². The second-order valence-electron chi connectivity index (χ2n) is 8.99. The zero-order chi connectivity index (χ0) is 23.7. The van der Waals surface area contributed by atoms with Crippen molar-refractivity contribution in [1.29, 1.82) is 0 Å². The minimum atomic E-state index is -0.358. The number of rotatable bonds is 5. The van der Waals surface area contributed by atoms with Gasteiger partial charge >= 0.3 is 0 Å². The van der Waals surface area contributed by atoms with Crippen molar-refractivity contribution in [1.82, 2.24) is 14.7 Å². The van der Waals surface area contributed by atoms with Gasteiger partial charge in [0.1, 0.15) is 0 Å². The first-order valence-corrected chi connectivity index (χ1v) is 11.4. The quantitative estimate of drug-likeness (QED) is 0.661. The van der Waals surface area contributed by atoms with E-state index in [-0.39, 0.29) is 35.2 Å². The largest absolute Gasteiger partial charge is 0.339 e. The van der Waals surface area contributed by atoms with E-state index in [4.69, 9.17) is 0 Å². The van der Waals surface area contributed by atoms with Gasteiger partial charge in [-0.2, -0.15) is 0 Å². The van der Waals surface area contributed by atoms with Crippen LogP contribution in [0.5, 0.6) is 0 Å². The Labute approximate surface area is 194 Å². The van der Waals surface area contributed by atoms with Crippen molar-refractivity contribution in [3.63, 3.8) is 0 Å². The van der Waals surface area contributed by atoms with E-state index in [1.54, 1.807) is 30.9 Å². The summed E-state index contributed by atoms with van der Waals surface area (Å²) in [6, 6.07) is 12.7. The number of aryl methyl sites for hydroxylation is 2. The first-order valence-electron chi connectivity index (χ1n) is 11.4. The van der Waals surface area contributed by atoms with Crippen LogP contribution in [0.15, 0.2) is 42.5 Å². The van der Waals surface area contributed by atoms with E-state index in [9.17, 15) is 19.2 Å². The highest BCUT2D eigenvalue weighted by atomic mass is 16.2. The Bertz CT molecular complexity index is 1100. The molecule has 0 aliphatic carbocycles. The SMILES string of the molecule is Cc1ccc(CCC(=O)N2CCN(C(=O)c3ccc4c(c3)C(=O)N(C(C)C)C4=O)CC2)cc1. The summed E-state index contributed by atoms with van der Waals surface area (Å²) >= 11 is 0. The zero-order valence-electron chi connectivity index (χ0n) is 19.3. The number of hydrogen-bond acceptors (Lipinski definition) is 4. The standard InChI is InChI=1S/C26H29N3O4/c1-17(2)29-25(32)21-10-9-20(16-22(21)26(29)33)24(31)28-14-12-27(13-15-28)23(30)11-8-19-6-4-18(3)5-7-19/h4-7,9-10,16-17H,8,11-15H2,1-3H3. The molecule has 1 saturated heterocycles. The van der Waals surface area contributed by atoms with Crippen LogP contribution < -0.4 is 0 Å². The van der Waals surface area contributed by atoms with Crippen LogP contribution >= 0.6 is 0 Å². The molecule has 0 radical (unpaired) electrons. The Morgan fingerprint density at radius 3 is 2.09 bits per heavy atom. The van der Waals surface area contributed by atoms with Gasteiger partial charge in [-0.15, -0.1) is 0 Å². The Morgan fingerprint density at radius 1 is 0.848 bits per heavy atom. The molecule has 0 atom stereocenters. The minimum absolute atomic E-state index is 0.0955. The number of carbonyl (C=O) groups excluding carboxylic acids is 4. The summed E-state index contributed by atoms with van der Waals surface area (Å²) in [6.45, 7) is 7.47.